The second-order valence-electron chi connectivity index (χ2n) is 6.04. The Hall–Kier alpha value is -0.260. The van der Waals surface area contributed by atoms with Gasteiger partial charge < -0.3 is 9.72 Å². The maximum Gasteiger partial charge on any atom is 0.144 e. The number of halogens is 1. The Morgan fingerprint density at radius 3 is 2.55 bits per heavy atom. The minimum atomic E-state index is -0.280. The van der Waals surface area contributed by atoms with Crippen LogP contribution in [0.15, 0.2) is 4.47 Å². The maximum atomic E-state index is 5.86. The van der Waals surface area contributed by atoms with Crippen molar-refractivity contribution < 1.29 is 4.74 Å². The van der Waals surface area contributed by atoms with Gasteiger partial charge in [0.15, 0.2) is 0 Å². The van der Waals surface area contributed by atoms with E-state index in [1.54, 1.807) is 7.11 Å². The van der Waals surface area contributed by atoms with E-state index in [0.717, 1.165) is 35.3 Å². The number of nitrogens with one attached hydrogen (secondary N) is 1. The van der Waals surface area contributed by atoms with Crippen molar-refractivity contribution in [2.45, 2.75) is 58.0 Å². The molecule has 1 fully saturated rings. The summed E-state index contributed by atoms with van der Waals surface area (Å²) in [4.78, 5) is 8.09. The average molecular weight is 359 g/mol. The van der Waals surface area contributed by atoms with Gasteiger partial charge in [-0.3, -0.25) is 0 Å². The fourth-order valence-electron chi connectivity index (χ4n) is 2.93. The zero-order chi connectivity index (χ0) is 14.8. The molecule has 2 rings (SSSR count). The summed E-state index contributed by atoms with van der Waals surface area (Å²) in [7, 11) is 1.79. The number of hydrogen-bond donors (Lipinski definition) is 1. The molecule has 0 saturated heterocycles. The van der Waals surface area contributed by atoms with Crippen LogP contribution in [0.1, 0.15) is 57.5 Å². The monoisotopic (exact) mass is 358 g/mol. The van der Waals surface area contributed by atoms with E-state index in [1.807, 2.05) is 0 Å². The third kappa shape index (κ3) is 3.31. The van der Waals surface area contributed by atoms with Gasteiger partial charge in [-0.2, -0.15) is 0 Å². The molecule has 1 aromatic heterocycles. The molecule has 0 unspecified atom stereocenters. The molecule has 20 heavy (non-hydrogen) atoms. The summed E-state index contributed by atoms with van der Waals surface area (Å²) in [5.74, 6) is 1.47. The Labute approximate surface area is 134 Å². The van der Waals surface area contributed by atoms with Crippen molar-refractivity contribution in [3.05, 3.63) is 20.6 Å². The third-order valence-electron chi connectivity index (χ3n) is 4.03. The highest BCUT2D eigenvalue weighted by atomic mass is 79.9. The van der Waals surface area contributed by atoms with Crippen molar-refractivity contribution in [3.63, 3.8) is 0 Å². The highest BCUT2D eigenvalue weighted by Gasteiger charge is 2.36. The van der Waals surface area contributed by atoms with Gasteiger partial charge in [0, 0.05) is 12.8 Å². The number of ether oxygens (including phenoxy) is 1. The normalized spacial score (nSPS) is 18.4. The van der Waals surface area contributed by atoms with Crippen molar-refractivity contribution in [1.82, 2.24) is 9.97 Å². The fraction of sp³-hybridized carbons (Fsp3) is 0.733. The van der Waals surface area contributed by atoms with Gasteiger partial charge in [0.1, 0.15) is 16.1 Å². The van der Waals surface area contributed by atoms with Crippen LogP contribution in [0.4, 0.5) is 0 Å². The molecule has 5 heteroatoms. The molecule has 1 aliphatic rings. The first-order valence-corrected chi connectivity index (χ1v) is 8.53. The number of hydrogen-bond acceptors (Lipinski definition) is 3. The second kappa shape index (κ2) is 6.67. The molecule has 1 saturated carbocycles. The molecule has 112 valence electrons. The van der Waals surface area contributed by atoms with Gasteiger partial charge in [0.05, 0.1) is 4.47 Å². The fourth-order valence-corrected chi connectivity index (χ4v) is 3.49. The Morgan fingerprint density at radius 1 is 1.35 bits per heavy atom. The predicted molar refractivity (Wildman–Crippen MR) is 87.4 cm³/mol. The van der Waals surface area contributed by atoms with E-state index < -0.39 is 0 Å². The molecule has 1 N–H and O–H groups in total. The Kier molecular flexibility index (Phi) is 5.37. The van der Waals surface area contributed by atoms with Crippen molar-refractivity contribution >= 4 is 28.1 Å². The molecular formula is C15H23BrN2OS. The Bertz CT molecular complexity index is 521. The molecule has 0 radical (unpaired) electrons. The number of rotatable bonds is 4. The molecule has 0 spiro atoms. The highest BCUT2D eigenvalue weighted by molar-refractivity contribution is 9.10. The number of methoxy groups -OCH3 is 1. The number of aromatic nitrogens is 2. The van der Waals surface area contributed by atoms with Gasteiger partial charge in [0.2, 0.25) is 0 Å². The lowest BCUT2D eigenvalue weighted by Gasteiger charge is -2.35. The van der Waals surface area contributed by atoms with Crippen LogP contribution in [-0.4, -0.2) is 17.1 Å². The van der Waals surface area contributed by atoms with Crippen molar-refractivity contribution in [3.8, 4) is 0 Å². The van der Waals surface area contributed by atoms with Crippen LogP contribution in [0, 0.1) is 10.6 Å². The van der Waals surface area contributed by atoms with Crippen LogP contribution >= 0.6 is 28.1 Å². The molecule has 0 bridgehead atoms. The van der Waals surface area contributed by atoms with Gasteiger partial charge in [0.25, 0.3) is 0 Å². The lowest BCUT2D eigenvalue weighted by atomic mass is 9.84. The van der Waals surface area contributed by atoms with Gasteiger partial charge >= 0.3 is 0 Å². The van der Waals surface area contributed by atoms with Crippen LogP contribution < -0.4 is 0 Å². The summed E-state index contributed by atoms with van der Waals surface area (Å²) in [5, 5.41) is 0. The summed E-state index contributed by atoms with van der Waals surface area (Å²) in [6.45, 7) is 4.41. The quantitative estimate of drug-likeness (QED) is 0.777. The average Bonchev–Trinajstić information content (AvgIpc) is 2.44. The Morgan fingerprint density at radius 2 is 2.00 bits per heavy atom. The predicted octanol–water partition coefficient (Wildman–Crippen LogP) is 4.91. The first-order valence-electron chi connectivity index (χ1n) is 7.33. The summed E-state index contributed by atoms with van der Waals surface area (Å²) in [6, 6.07) is 0. The van der Waals surface area contributed by atoms with Crippen molar-refractivity contribution in [1.29, 1.82) is 0 Å². The van der Waals surface area contributed by atoms with Crippen LogP contribution in [-0.2, 0) is 16.8 Å². The first-order chi connectivity index (χ1) is 9.48. The molecule has 1 aliphatic carbocycles. The zero-order valence-electron chi connectivity index (χ0n) is 12.5. The van der Waals surface area contributed by atoms with E-state index in [4.69, 9.17) is 17.0 Å². The number of nitrogens with zero attached hydrogens (tertiary/aromatic N) is 1. The molecule has 0 aliphatic heterocycles. The first kappa shape index (κ1) is 16.1. The lowest BCUT2D eigenvalue weighted by molar-refractivity contribution is -0.0517. The summed E-state index contributed by atoms with van der Waals surface area (Å²) in [6.07, 6.45) is 6.65. The van der Waals surface area contributed by atoms with Crippen LogP contribution in [0.5, 0.6) is 0 Å². The number of H-pyrrole nitrogens is 1. The molecule has 0 aromatic carbocycles. The van der Waals surface area contributed by atoms with E-state index in [0.29, 0.717) is 10.6 Å². The minimum absolute atomic E-state index is 0.280. The van der Waals surface area contributed by atoms with E-state index in [9.17, 15) is 0 Å². The van der Waals surface area contributed by atoms with Crippen molar-refractivity contribution in [2.24, 2.45) is 5.92 Å². The van der Waals surface area contributed by atoms with Gasteiger partial charge in [-0.15, -0.1) is 0 Å². The van der Waals surface area contributed by atoms with E-state index >= 15 is 0 Å². The van der Waals surface area contributed by atoms with Crippen LogP contribution in [0.25, 0.3) is 0 Å². The summed E-state index contributed by atoms with van der Waals surface area (Å²) >= 11 is 8.98. The molecule has 1 heterocycles. The largest absolute Gasteiger partial charge is 0.370 e. The SMILES string of the molecule is COC1(c2nc(=S)c(Br)c(CC(C)C)[nH]2)CCCCC1. The van der Waals surface area contributed by atoms with Crippen molar-refractivity contribution in [2.75, 3.05) is 7.11 Å². The molecule has 3 nitrogen and oxygen atoms in total. The van der Waals surface area contributed by atoms with E-state index in [2.05, 4.69) is 39.7 Å². The summed E-state index contributed by atoms with van der Waals surface area (Å²) in [5.41, 5.74) is 0.857. The van der Waals surface area contributed by atoms with Gasteiger partial charge in [-0.05, 0) is 41.1 Å². The zero-order valence-corrected chi connectivity index (χ0v) is 14.9. The van der Waals surface area contributed by atoms with Crippen LogP contribution in [0.3, 0.4) is 0 Å². The summed E-state index contributed by atoms with van der Waals surface area (Å²) < 4.78 is 7.42. The highest BCUT2D eigenvalue weighted by Crippen LogP contribution is 2.39. The smallest absolute Gasteiger partial charge is 0.144 e. The molecular weight excluding hydrogens is 336 g/mol. The minimum Gasteiger partial charge on any atom is -0.370 e. The van der Waals surface area contributed by atoms with Crippen LogP contribution in [0.2, 0.25) is 0 Å². The Balaban J connectivity index is 2.45. The number of aromatic amines is 1. The van der Waals surface area contributed by atoms with E-state index in [-0.39, 0.29) is 5.60 Å². The van der Waals surface area contributed by atoms with Gasteiger partial charge in [-0.1, -0.05) is 45.3 Å². The molecule has 0 atom stereocenters. The molecule has 1 aromatic rings. The maximum absolute atomic E-state index is 5.86. The lowest BCUT2D eigenvalue weighted by Crippen LogP contribution is -2.33. The topological polar surface area (TPSA) is 37.9 Å². The molecule has 0 amide bonds. The van der Waals surface area contributed by atoms with E-state index in [1.165, 1.54) is 19.3 Å². The standard InChI is InChI=1S/C15H23BrN2OS/c1-10(2)9-11-12(16)13(20)18-14(17-11)15(19-3)7-5-4-6-8-15/h10H,4-9H2,1-3H3,(H,17,18,20). The second-order valence-corrected chi connectivity index (χ2v) is 7.22. The van der Waals surface area contributed by atoms with Gasteiger partial charge in [-0.25, -0.2) is 4.98 Å². The third-order valence-corrected chi connectivity index (χ3v) is 5.44.